The summed E-state index contributed by atoms with van der Waals surface area (Å²) >= 11 is 0. The summed E-state index contributed by atoms with van der Waals surface area (Å²) in [6, 6.07) is 0.366. The molecular formula is C11H16N4O. The average Bonchev–Trinajstić information content (AvgIpc) is 3.12. The number of rotatable bonds is 4. The second-order valence-electron chi connectivity index (χ2n) is 4.33. The molecule has 0 aromatic carbocycles. The maximum absolute atomic E-state index is 11.9. The number of carbonyl (C=O) groups excluding carboxylic acids is 1. The van der Waals surface area contributed by atoms with Crippen molar-refractivity contribution in [2.24, 2.45) is 5.11 Å². The Hall–Kier alpha value is -1.48. The van der Waals surface area contributed by atoms with E-state index in [9.17, 15) is 4.79 Å². The molecule has 1 amide bonds. The van der Waals surface area contributed by atoms with Crippen molar-refractivity contribution in [2.75, 3.05) is 6.54 Å². The molecule has 0 saturated heterocycles. The van der Waals surface area contributed by atoms with Gasteiger partial charge < -0.3 is 4.90 Å². The zero-order chi connectivity index (χ0) is 11.4. The van der Waals surface area contributed by atoms with E-state index < -0.39 is 0 Å². The maximum atomic E-state index is 11.9. The van der Waals surface area contributed by atoms with E-state index in [-0.39, 0.29) is 12.5 Å². The molecule has 0 aliphatic heterocycles. The highest BCUT2D eigenvalue weighted by Crippen LogP contribution is 2.33. The van der Waals surface area contributed by atoms with Crippen molar-refractivity contribution in [3.8, 4) is 0 Å². The summed E-state index contributed by atoms with van der Waals surface area (Å²) in [5.41, 5.74) is 9.38. The monoisotopic (exact) mass is 220 g/mol. The lowest BCUT2D eigenvalue weighted by atomic mass is 10.0. The first kappa shape index (κ1) is 11.0. The Morgan fingerprint density at radius 2 is 2.38 bits per heavy atom. The van der Waals surface area contributed by atoms with Crippen molar-refractivity contribution in [1.82, 2.24) is 4.90 Å². The Morgan fingerprint density at radius 3 is 2.94 bits per heavy atom. The van der Waals surface area contributed by atoms with E-state index in [4.69, 9.17) is 5.53 Å². The van der Waals surface area contributed by atoms with Gasteiger partial charge in [-0.2, -0.15) is 0 Å². The largest absolute Gasteiger partial charge is 0.313 e. The number of amides is 1. The van der Waals surface area contributed by atoms with E-state index in [0.717, 1.165) is 37.8 Å². The molecule has 0 atom stereocenters. The van der Waals surface area contributed by atoms with Crippen molar-refractivity contribution in [3.05, 3.63) is 22.2 Å². The normalized spacial score (nSPS) is 19.6. The number of hydrogen-bond acceptors (Lipinski definition) is 2. The first-order valence-corrected chi connectivity index (χ1v) is 5.85. The summed E-state index contributed by atoms with van der Waals surface area (Å²) in [6.07, 6.45) is 8.75. The molecule has 0 aromatic heterocycles. The van der Waals surface area contributed by atoms with Gasteiger partial charge in [0.05, 0.1) is 0 Å². The quantitative estimate of drug-likeness (QED) is 0.408. The van der Waals surface area contributed by atoms with E-state index in [1.807, 2.05) is 4.90 Å². The molecule has 86 valence electrons. The molecule has 1 fully saturated rings. The number of hydrogen-bond donors (Lipinski definition) is 0. The van der Waals surface area contributed by atoms with Gasteiger partial charge in [0.15, 0.2) is 0 Å². The van der Waals surface area contributed by atoms with Gasteiger partial charge in [0, 0.05) is 16.7 Å². The molecule has 5 nitrogen and oxygen atoms in total. The van der Waals surface area contributed by atoms with Gasteiger partial charge in [-0.15, -0.1) is 0 Å². The Morgan fingerprint density at radius 1 is 1.56 bits per heavy atom. The summed E-state index contributed by atoms with van der Waals surface area (Å²) in [6.45, 7) is -0.0513. The zero-order valence-electron chi connectivity index (χ0n) is 9.30. The van der Waals surface area contributed by atoms with Crippen LogP contribution < -0.4 is 0 Å². The van der Waals surface area contributed by atoms with Crippen molar-refractivity contribution < 1.29 is 4.79 Å². The molecule has 2 aliphatic carbocycles. The molecular weight excluding hydrogens is 204 g/mol. The fourth-order valence-corrected chi connectivity index (χ4v) is 2.14. The van der Waals surface area contributed by atoms with E-state index in [1.54, 1.807) is 0 Å². The van der Waals surface area contributed by atoms with Gasteiger partial charge in [0.2, 0.25) is 5.91 Å². The lowest BCUT2D eigenvalue weighted by Gasteiger charge is -2.27. The SMILES string of the molecule is [N-]=[N+]=NCC(=O)N(C1=CCCCC1)C1CC1. The fraction of sp³-hybridized carbons (Fsp3) is 0.727. The number of allylic oxidation sites excluding steroid dienone is 2. The van der Waals surface area contributed by atoms with Crippen LogP contribution in [0.1, 0.15) is 38.5 Å². The molecule has 0 unspecified atom stereocenters. The minimum absolute atomic E-state index is 0.0477. The predicted octanol–water partition coefficient (Wildman–Crippen LogP) is 2.75. The summed E-state index contributed by atoms with van der Waals surface area (Å²) in [5.74, 6) is -0.0477. The van der Waals surface area contributed by atoms with Crippen LogP contribution >= 0.6 is 0 Å². The van der Waals surface area contributed by atoms with E-state index >= 15 is 0 Å². The number of nitrogens with zero attached hydrogens (tertiary/aromatic N) is 4. The third-order valence-electron chi connectivity index (χ3n) is 3.03. The van der Waals surface area contributed by atoms with Crippen LogP contribution in [0.2, 0.25) is 0 Å². The summed E-state index contributed by atoms with van der Waals surface area (Å²) in [4.78, 5) is 16.4. The molecule has 16 heavy (non-hydrogen) atoms. The Labute approximate surface area is 94.7 Å². The molecule has 0 radical (unpaired) electrons. The molecule has 1 saturated carbocycles. The standard InChI is InChI=1S/C11H16N4O/c12-14-13-8-11(16)15(10-6-7-10)9-4-2-1-3-5-9/h4,10H,1-3,5-8H2. The van der Waals surface area contributed by atoms with Crippen molar-refractivity contribution in [2.45, 2.75) is 44.6 Å². The minimum Gasteiger partial charge on any atom is -0.313 e. The van der Waals surface area contributed by atoms with Crippen LogP contribution in [0, 0.1) is 0 Å². The minimum atomic E-state index is -0.0513. The van der Waals surface area contributed by atoms with Gasteiger partial charge in [-0.05, 0) is 44.1 Å². The van der Waals surface area contributed by atoms with Crippen LogP contribution in [0.25, 0.3) is 10.4 Å². The van der Waals surface area contributed by atoms with Gasteiger partial charge in [-0.25, -0.2) is 0 Å². The molecule has 0 N–H and O–H groups in total. The number of carbonyl (C=O) groups is 1. The van der Waals surface area contributed by atoms with Crippen molar-refractivity contribution in [3.63, 3.8) is 0 Å². The van der Waals surface area contributed by atoms with Crippen LogP contribution in [0.4, 0.5) is 0 Å². The summed E-state index contributed by atoms with van der Waals surface area (Å²) in [7, 11) is 0. The Balaban J connectivity index is 2.06. The third-order valence-corrected chi connectivity index (χ3v) is 3.03. The van der Waals surface area contributed by atoms with Crippen molar-refractivity contribution in [1.29, 1.82) is 0 Å². The molecule has 5 heteroatoms. The number of azide groups is 1. The van der Waals surface area contributed by atoms with Crippen LogP contribution in [0.3, 0.4) is 0 Å². The van der Waals surface area contributed by atoms with Crippen LogP contribution in [0.5, 0.6) is 0 Å². The van der Waals surface area contributed by atoms with Gasteiger partial charge in [-0.3, -0.25) is 4.79 Å². The van der Waals surface area contributed by atoms with Crippen LogP contribution in [-0.4, -0.2) is 23.4 Å². The van der Waals surface area contributed by atoms with Gasteiger partial charge in [0.25, 0.3) is 0 Å². The summed E-state index contributed by atoms with van der Waals surface area (Å²) in [5, 5.41) is 3.36. The molecule has 0 spiro atoms. The first-order valence-electron chi connectivity index (χ1n) is 5.85. The Bertz CT molecular complexity index is 353. The second-order valence-corrected chi connectivity index (χ2v) is 4.33. The second kappa shape index (κ2) is 5.03. The average molecular weight is 220 g/mol. The highest BCUT2D eigenvalue weighted by molar-refractivity contribution is 5.80. The highest BCUT2D eigenvalue weighted by atomic mass is 16.2. The molecule has 0 heterocycles. The maximum Gasteiger partial charge on any atom is 0.232 e. The smallest absolute Gasteiger partial charge is 0.232 e. The topological polar surface area (TPSA) is 69.1 Å². The predicted molar refractivity (Wildman–Crippen MR) is 60.4 cm³/mol. The lowest BCUT2D eigenvalue weighted by Crippen LogP contribution is -2.34. The fourth-order valence-electron chi connectivity index (χ4n) is 2.14. The van der Waals surface area contributed by atoms with Gasteiger partial charge >= 0.3 is 0 Å². The van der Waals surface area contributed by atoms with Gasteiger partial charge in [-0.1, -0.05) is 11.2 Å². The first-order chi connectivity index (χ1) is 7.83. The van der Waals surface area contributed by atoms with Crippen LogP contribution in [-0.2, 0) is 4.79 Å². The molecule has 2 rings (SSSR count). The lowest BCUT2D eigenvalue weighted by molar-refractivity contribution is -0.128. The third kappa shape index (κ3) is 2.55. The van der Waals surface area contributed by atoms with Gasteiger partial charge in [0.1, 0.15) is 6.54 Å². The van der Waals surface area contributed by atoms with E-state index in [1.165, 1.54) is 6.42 Å². The van der Waals surface area contributed by atoms with E-state index in [2.05, 4.69) is 16.1 Å². The highest BCUT2D eigenvalue weighted by Gasteiger charge is 2.34. The summed E-state index contributed by atoms with van der Waals surface area (Å²) < 4.78 is 0. The van der Waals surface area contributed by atoms with Crippen molar-refractivity contribution >= 4 is 5.91 Å². The molecule has 0 aromatic rings. The molecule has 2 aliphatic rings. The van der Waals surface area contributed by atoms with E-state index in [0.29, 0.717) is 6.04 Å². The van der Waals surface area contributed by atoms with Crippen LogP contribution in [0.15, 0.2) is 16.9 Å². The molecule has 0 bridgehead atoms. The zero-order valence-corrected chi connectivity index (χ0v) is 9.30. The Kier molecular flexibility index (Phi) is 3.47.